The molecule has 0 saturated heterocycles. The van der Waals surface area contributed by atoms with Gasteiger partial charge in [0.25, 0.3) is 5.91 Å². The first-order chi connectivity index (χ1) is 11.9. The molecule has 0 radical (unpaired) electrons. The Labute approximate surface area is 152 Å². The van der Waals surface area contributed by atoms with E-state index in [0.29, 0.717) is 28.8 Å². The Morgan fingerprint density at radius 2 is 1.76 bits per heavy atom. The van der Waals surface area contributed by atoms with Gasteiger partial charge in [-0.25, -0.2) is 0 Å². The molecule has 0 spiro atoms. The number of hydrogen-bond donors (Lipinski definition) is 1. The minimum atomic E-state index is -1.04. The molecule has 25 heavy (non-hydrogen) atoms. The number of hydrogen-bond acceptors (Lipinski definition) is 4. The van der Waals surface area contributed by atoms with E-state index in [1.165, 1.54) is 0 Å². The standard InChI is InChI=1S/C19H22ClNO4/c1-19(2,25-15-10-8-14(20)9-11-15)18(22)21-12-13-6-5-7-16(23-3)17(13)24-4/h5-11H,12H2,1-4H3,(H,21,22). The second-order valence-corrected chi connectivity index (χ2v) is 6.34. The van der Waals surface area contributed by atoms with E-state index in [4.69, 9.17) is 25.8 Å². The zero-order chi connectivity index (χ0) is 18.4. The van der Waals surface area contributed by atoms with Crippen molar-refractivity contribution in [3.63, 3.8) is 0 Å². The minimum absolute atomic E-state index is 0.243. The van der Waals surface area contributed by atoms with Crippen LogP contribution in [0.2, 0.25) is 5.02 Å². The summed E-state index contributed by atoms with van der Waals surface area (Å²) >= 11 is 5.86. The molecule has 2 rings (SSSR count). The summed E-state index contributed by atoms with van der Waals surface area (Å²) in [5.41, 5.74) is -0.225. The van der Waals surface area contributed by atoms with Crippen LogP contribution >= 0.6 is 11.6 Å². The molecule has 0 aliphatic carbocycles. The van der Waals surface area contributed by atoms with Crippen molar-refractivity contribution in [2.45, 2.75) is 26.0 Å². The summed E-state index contributed by atoms with van der Waals surface area (Å²) in [6, 6.07) is 12.4. The van der Waals surface area contributed by atoms with Crippen molar-refractivity contribution in [3.8, 4) is 17.2 Å². The molecule has 2 aromatic carbocycles. The topological polar surface area (TPSA) is 56.8 Å². The molecule has 1 N–H and O–H groups in total. The van der Waals surface area contributed by atoms with E-state index in [9.17, 15) is 4.79 Å². The first kappa shape index (κ1) is 18.9. The summed E-state index contributed by atoms with van der Waals surface area (Å²) in [5, 5.41) is 3.48. The third-order valence-electron chi connectivity index (χ3n) is 3.66. The second-order valence-electron chi connectivity index (χ2n) is 5.90. The molecular formula is C19H22ClNO4. The molecular weight excluding hydrogens is 342 g/mol. The van der Waals surface area contributed by atoms with Crippen LogP contribution in [0.4, 0.5) is 0 Å². The van der Waals surface area contributed by atoms with E-state index in [2.05, 4.69) is 5.32 Å². The highest BCUT2D eigenvalue weighted by molar-refractivity contribution is 6.30. The monoisotopic (exact) mass is 363 g/mol. The number of amides is 1. The van der Waals surface area contributed by atoms with Crippen molar-refractivity contribution in [1.29, 1.82) is 0 Å². The fourth-order valence-electron chi connectivity index (χ4n) is 2.32. The molecule has 0 bridgehead atoms. The Hall–Kier alpha value is -2.40. The maximum Gasteiger partial charge on any atom is 0.263 e. The second kappa shape index (κ2) is 8.12. The van der Waals surface area contributed by atoms with Crippen molar-refractivity contribution in [2.24, 2.45) is 0 Å². The van der Waals surface area contributed by atoms with E-state index < -0.39 is 5.60 Å². The normalized spacial score (nSPS) is 10.9. The summed E-state index contributed by atoms with van der Waals surface area (Å²) in [4.78, 5) is 12.5. The third-order valence-corrected chi connectivity index (χ3v) is 3.91. The molecule has 134 valence electrons. The van der Waals surface area contributed by atoms with Gasteiger partial charge in [-0.15, -0.1) is 0 Å². The predicted molar refractivity (Wildman–Crippen MR) is 97.6 cm³/mol. The van der Waals surface area contributed by atoms with Crippen molar-refractivity contribution < 1.29 is 19.0 Å². The molecule has 0 aliphatic rings. The summed E-state index contributed by atoms with van der Waals surface area (Å²) in [6.07, 6.45) is 0. The number of nitrogens with one attached hydrogen (secondary N) is 1. The number of carbonyl (C=O) groups is 1. The smallest absolute Gasteiger partial charge is 0.263 e. The van der Waals surface area contributed by atoms with Crippen molar-refractivity contribution in [2.75, 3.05) is 14.2 Å². The zero-order valence-electron chi connectivity index (χ0n) is 14.8. The largest absolute Gasteiger partial charge is 0.493 e. The van der Waals surface area contributed by atoms with Crippen LogP contribution in [0, 0.1) is 0 Å². The number of rotatable bonds is 7. The van der Waals surface area contributed by atoms with E-state index in [1.807, 2.05) is 12.1 Å². The average Bonchev–Trinajstić information content (AvgIpc) is 2.60. The lowest BCUT2D eigenvalue weighted by Gasteiger charge is -2.25. The van der Waals surface area contributed by atoms with E-state index >= 15 is 0 Å². The van der Waals surface area contributed by atoms with Crippen LogP contribution in [0.5, 0.6) is 17.2 Å². The average molecular weight is 364 g/mol. The number of ether oxygens (including phenoxy) is 3. The molecule has 5 nitrogen and oxygen atoms in total. The maximum absolute atomic E-state index is 12.5. The lowest BCUT2D eigenvalue weighted by molar-refractivity contribution is -0.134. The van der Waals surface area contributed by atoms with Crippen LogP contribution in [0.3, 0.4) is 0 Å². The molecule has 0 aromatic heterocycles. The summed E-state index contributed by atoms with van der Waals surface area (Å²) in [7, 11) is 3.14. The lowest BCUT2D eigenvalue weighted by atomic mass is 10.1. The Morgan fingerprint density at radius 3 is 2.36 bits per heavy atom. The Balaban J connectivity index is 2.05. The van der Waals surface area contributed by atoms with Gasteiger partial charge in [-0.2, -0.15) is 0 Å². The minimum Gasteiger partial charge on any atom is -0.493 e. The Kier molecular flexibility index (Phi) is 6.15. The van der Waals surface area contributed by atoms with Crippen LogP contribution in [0.1, 0.15) is 19.4 Å². The molecule has 0 aliphatic heterocycles. The third kappa shape index (κ3) is 4.79. The van der Waals surface area contributed by atoms with Gasteiger partial charge in [0.05, 0.1) is 14.2 Å². The molecule has 6 heteroatoms. The number of carbonyl (C=O) groups excluding carboxylic acids is 1. The molecule has 2 aromatic rings. The highest BCUT2D eigenvalue weighted by atomic mass is 35.5. The van der Waals surface area contributed by atoms with Gasteiger partial charge in [0.15, 0.2) is 17.1 Å². The first-order valence-corrected chi connectivity index (χ1v) is 8.18. The number of halogens is 1. The molecule has 0 fully saturated rings. The number of benzene rings is 2. The molecule has 0 unspecified atom stereocenters. The van der Waals surface area contributed by atoms with Gasteiger partial charge >= 0.3 is 0 Å². The van der Waals surface area contributed by atoms with E-state index in [1.54, 1.807) is 58.4 Å². The summed E-state index contributed by atoms with van der Waals surface area (Å²) < 4.78 is 16.4. The number of para-hydroxylation sites is 1. The van der Waals surface area contributed by atoms with Gasteiger partial charge in [-0.1, -0.05) is 23.7 Å². The molecule has 1 amide bonds. The van der Waals surface area contributed by atoms with Gasteiger partial charge in [-0.3, -0.25) is 4.79 Å². The van der Waals surface area contributed by atoms with Crippen molar-refractivity contribution in [1.82, 2.24) is 5.32 Å². The van der Waals surface area contributed by atoms with Gasteiger partial charge in [0.2, 0.25) is 0 Å². The predicted octanol–water partition coefficient (Wildman–Crippen LogP) is 3.83. The van der Waals surface area contributed by atoms with E-state index in [-0.39, 0.29) is 5.91 Å². The van der Waals surface area contributed by atoms with Crippen LogP contribution in [-0.2, 0) is 11.3 Å². The Bertz CT molecular complexity index is 729. The van der Waals surface area contributed by atoms with Gasteiger partial charge < -0.3 is 19.5 Å². The fourth-order valence-corrected chi connectivity index (χ4v) is 2.45. The van der Waals surface area contributed by atoms with Crippen LogP contribution in [0.15, 0.2) is 42.5 Å². The van der Waals surface area contributed by atoms with Gasteiger partial charge in [-0.05, 0) is 44.2 Å². The quantitative estimate of drug-likeness (QED) is 0.812. The van der Waals surface area contributed by atoms with Crippen molar-refractivity contribution in [3.05, 3.63) is 53.1 Å². The molecule has 0 saturated carbocycles. The SMILES string of the molecule is COc1cccc(CNC(=O)C(C)(C)Oc2ccc(Cl)cc2)c1OC. The Morgan fingerprint density at radius 1 is 1.08 bits per heavy atom. The lowest BCUT2D eigenvalue weighted by Crippen LogP contribution is -2.46. The van der Waals surface area contributed by atoms with Crippen LogP contribution in [-0.4, -0.2) is 25.7 Å². The summed E-state index contributed by atoms with van der Waals surface area (Å²) in [5.74, 6) is 1.54. The zero-order valence-corrected chi connectivity index (χ0v) is 15.5. The van der Waals surface area contributed by atoms with Gasteiger partial charge in [0, 0.05) is 17.1 Å². The fraction of sp³-hybridized carbons (Fsp3) is 0.316. The van der Waals surface area contributed by atoms with Crippen LogP contribution < -0.4 is 19.5 Å². The number of methoxy groups -OCH3 is 2. The first-order valence-electron chi connectivity index (χ1n) is 7.80. The highest BCUT2D eigenvalue weighted by Crippen LogP contribution is 2.30. The van der Waals surface area contributed by atoms with Gasteiger partial charge in [0.1, 0.15) is 5.75 Å². The maximum atomic E-state index is 12.5. The van der Waals surface area contributed by atoms with E-state index in [0.717, 1.165) is 5.56 Å². The molecule has 0 atom stereocenters. The van der Waals surface area contributed by atoms with Crippen LogP contribution in [0.25, 0.3) is 0 Å². The highest BCUT2D eigenvalue weighted by Gasteiger charge is 2.30. The molecule has 0 heterocycles. The summed E-state index contributed by atoms with van der Waals surface area (Å²) in [6.45, 7) is 3.71. The van der Waals surface area contributed by atoms with Crippen molar-refractivity contribution >= 4 is 17.5 Å².